The Hall–Kier alpha value is -4.19. The molecule has 4 rings (SSSR count). The summed E-state index contributed by atoms with van der Waals surface area (Å²) >= 11 is 0. The maximum Gasteiger partial charge on any atom is 0.285 e. The number of non-ortho nitro benzene ring substituents is 1. The van der Waals surface area contributed by atoms with Crippen molar-refractivity contribution in [2.75, 3.05) is 12.4 Å². The first-order valence-corrected chi connectivity index (χ1v) is 9.42. The standard InChI is InChI=1S/C24H19N3O3/c1-30-21-15-11-19(12-16-21)26-24(25-18-9-13-20(14-10-18)27(28)29)23-8-4-6-17-5-2-3-7-22(17)23/h2-16H,1H3,(H,25,26)/p+1. The summed E-state index contributed by atoms with van der Waals surface area (Å²) in [6, 6.07) is 28.2. The molecule has 0 unspecified atom stereocenters. The van der Waals surface area contributed by atoms with Crippen LogP contribution in [0.25, 0.3) is 10.8 Å². The maximum absolute atomic E-state index is 11.0. The summed E-state index contributed by atoms with van der Waals surface area (Å²) < 4.78 is 5.24. The average molecular weight is 398 g/mol. The number of hydrogen-bond acceptors (Lipinski definition) is 3. The molecule has 0 saturated heterocycles. The van der Waals surface area contributed by atoms with E-state index < -0.39 is 4.92 Å². The Morgan fingerprint density at radius 3 is 2.30 bits per heavy atom. The largest absolute Gasteiger partial charge is 0.497 e. The predicted molar refractivity (Wildman–Crippen MR) is 118 cm³/mol. The van der Waals surface area contributed by atoms with E-state index in [1.807, 2.05) is 48.5 Å². The molecule has 148 valence electrons. The van der Waals surface area contributed by atoms with Crippen LogP contribution in [-0.4, -0.2) is 17.9 Å². The number of amidine groups is 1. The van der Waals surface area contributed by atoms with Gasteiger partial charge in [-0.1, -0.05) is 36.4 Å². The molecule has 4 aromatic rings. The van der Waals surface area contributed by atoms with Crippen molar-refractivity contribution in [1.29, 1.82) is 0 Å². The van der Waals surface area contributed by atoms with Gasteiger partial charge >= 0.3 is 0 Å². The highest BCUT2D eigenvalue weighted by Gasteiger charge is 2.16. The second-order valence-corrected chi connectivity index (χ2v) is 6.68. The van der Waals surface area contributed by atoms with Crippen LogP contribution in [0.4, 0.5) is 17.1 Å². The zero-order valence-corrected chi connectivity index (χ0v) is 16.3. The van der Waals surface area contributed by atoms with E-state index in [0.717, 1.165) is 39.3 Å². The fourth-order valence-electron chi connectivity index (χ4n) is 3.24. The molecule has 4 aromatic carbocycles. The van der Waals surface area contributed by atoms with Gasteiger partial charge in [-0.25, -0.2) is 10.3 Å². The summed E-state index contributed by atoms with van der Waals surface area (Å²) in [5.41, 5.74) is 2.66. The first-order valence-electron chi connectivity index (χ1n) is 9.42. The number of rotatable bonds is 5. The van der Waals surface area contributed by atoms with Crippen LogP contribution >= 0.6 is 0 Å². The van der Waals surface area contributed by atoms with Gasteiger partial charge in [0.15, 0.2) is 0 Å². The van der Waals surface area contributed by atoms with Crippen molar-refractivity contribution in [1.82, 2.24) is 0 Å². The number of nitro benzene ring substituents is 1. The number of fused-ring (bicyclic) bond motifs is 1. The zero-order chi connectivity index (χ0) is 20.9. The Morgan fingerprint density at radius 1 is 0.900 bits per heavy atom. The molecule has 0 heterocycles. The minimum absolute atomic E-state index is 0.0513. The molecule has 0 amide bonds. The van der Waals surface area contributed by atoms with Gasteiger partial charge in [0.25, 0.3) is 11.5 Å². The molecule has 0 saturated carbocycles. The molecular formula is C24H20N3O3+. The summed E-state index contributed by atoms with van der Waals surface area (Å²) in [4.78, 5) is 13.9. The van der Waals surface area contributed by atoms with Crippen LogP contribution < -0.4 is 15.0 Å². The topological polar surface area (TPSA) is 78.4 Å². The SMILES string of the molecule is COc1ccc(NC(=[NH+]c2ccc([N+](=O)[O-])cc2)c2cccc3ccccc23)cc1. The maximum atomic E-state index is 11.0. The molecule has 0 aromatic heterocycles. The van der Waals surface area contributed by atoms with E-state index in [0.29, 0.717) is 0 Å². The third-order valence-corrected chi connectivity index (χ3v) is 4.77. The third kappa shape index (κ3) is 4.12. The van der Waals surface area contributed by atoms with Gasteiger partial charge < -0.3 is 4.74 Å². The Kier molecular flexibility index (Phi) is 5.39. The number of methoxy groups -OCH3 is 1. The van der Waals surface area contributed by atoms with Crippen LogP contribution in [-0.2, 0) is 0 Å². The number of nitro groups is 1. The quantitative estimate of drug-likeness (QED) is 0.230. The number of nitrogens with zero attached hydrogens (tertiary/aromatic N) is 1. The van der Waals surface area contributed by atoms with Gasteiger partial charge in [0.05, 0.1) is 17.6 Å². The van der Waals surface area contributed by atoms with Gasteiger partial charge in [0.2, 0.25) is 0 Å². The molecule has 0 radical (unpaired) electrons. The van der Waals surface area contributed by atoms with Gasteiger partial charge in [0.1, 0.15) is 17.1 Å². The van der Waals surface area contributed by atoms with Gasteiger partial charge in [-0.05, 0) is 53.2 Å². The second kappa shape index (κ2) is 8.45. The van der Waals surface area contributed by atoms with Gasteiger partial charge in [-0.3, -0.25) is 10.1 Å². The van der Waals surface area contributed by atoms with Crippen LogP contribution in [0.15, 0.2) is 91.0 Å². The average Bonchev–Trinajstić information content (AvgIpc) is 2.79. The molecule has 30 heavy (non-hydrogen) atoms. The molecule has 2 N–H and O–H groups in total. The van der Waals surface area contributed by atoms with Crippen LogP contribution in [0, 0.1) is 10.1 Å². The Balaban J connectivity index is 1.80. The number of benzene rings is 4. The number of anilines is 1. The van der Waals surface area contributed by atoms with Crippen molar-refractivity contribution in [3.05, 3.63) is 107 Å². The van der Waals surface area contributed by atoms with E-state index in [1.54, 1.807) is 19.2 Å². The summed E-state index contributed by atoms with van der Waals surface area (Å²) in [6.45, 7) is 0. The van der Waals surface area contributed by atoms with Gasteiger partial charge in [-0.2, -0.15) is 0 Å². The van der Waals surface area contributed by atoms with Crippen molar-refractivity contribution in [3.63, 3.8) is 0 Å². The zero-order valence-electron chi connectivity index (χ0n) is 16.3. The predicted octanol–water partition coefficient (Wildman–Crippen LogP) is 4.03. The molecule has 0 fully saturated rings. The van der Waals surface area contributed by atoms with Crippen molar-refractivity contribution in [2.45, 2.75) is 0 Å². The minimum Gasteiger partial charge on any atom is -0.497 e. The molecule has 0 atom stereocenters. The number of nitrogens with one attached hydrogen (secondary N) is 2. The summed E-state index contributed by atoms with van der Waals surface area (Å²) in [5.74, 6) is 1.54. The third-order valence-electron chi connectivity index (χ3n) is 4.77. The van der Waals surface area contributed by atoms with Gasteiger partial charge in [0, 0.05) is 12.1 Å². The molecule has 6 nitrogen and oxygen atoms in total. The minimum atomic E-state index is -0.408. The van der Waals surface area contributed by atoms with Crippen molar-refractivity contribution < 1.29 is 14.7 Å². The molecule has 0 aliphatic rings. The highest BCUT2D eigenvalue weighted by Crippen LogP contribution is 2.21. The Morgan fingerprint density at radius 2 is 1.60 bits per heavy atom. The van der Waals surface area contributed by atoms with E-state index in [2.05, 4.69) is 28.5 Å². The van der Waals surface area contributed by atoms with Crippen LogP contribution in [0.2, 0.25) is 0 Å². The van der Waals surface area contributed by atoms with Crippen LogP contribution in [0.1, 0.15) is 5.56 Å². The lowest BCUT2D eigenvalue weighted by molar-refractivity contribution is -0.385. The molecule has 0 aliphatic carbocycles. The normalized spacial score (nSPS) is 11.3. The van der Waals surface area contributed by atoms with Crippen molar-refractivity contribution >= 4 is 33.7 Å². The monoisotopic (exact) mass is 398 g/mol. The smallest absolute Gasteiger partial charge is 0.285 e. The van der Waals surface area contributed by atoms with E-state index in [-0.39, 0.29) is 5.69 Å². The first-order chi connectivity index (χ1) is 14.6. The molecule has 0 bridgehead atoms. The summed E-state index contributed by atoms with van der Waals surface area (Å²) in [6.07, 6.45) is 0. The Labute approximate surface area is 173 Å². The van der Waals surface area contributed by atoms with E-state index >= 15 is 0 Å². The summed E-state index contributed by atoms with van der Waals surface area (Å²) in [5, 5.41) is 16.6. The van der Waals surface area contributed by atoms with Crippen molar-refractivity contribution in [3.8, 4) is 5.75 Å². The highest BCUT2D eigenvalue weighted by molar-refractivity contribution is 6.13. The number of hydrogen-bond donors (Lipinski definition) is 2. The first kappa shape index (κ1) is 19.1. The highest BCUT2D eigenvalue weighted by atomic mass is 16.6. The van der Waals surface area contributed by atoms with Gasteiger partial charge in [-0.15, -0.1) is 0 Å². The van der Waals surface area contributed by atoms with E-state index in [9.17, 15) is 10.1 Å². The molecular weight excluding hydrogens is 378 g/mol. The lowest BCUT2D eigenvalue weighted by atomic mass is 10.0. The lowest BCUT2D eigenvalue weighted by Crippen LogP contribution is -2.68. The molecule has 0 aliphatic heterocycles. The molecule has 0 spiro atoms. The Bertz CT molecular complexity index is 1210. The van der Waals surface area contributed by atoms with Crippen LogP contribution in [0.3, 0.4) is 0 Å². The number of ether oxygens (including phenoxy) is 1. The lowest BCUT2D eigenvalue weighted by Gasteiger charge is -2.08. The van der Waals surface area contributed by atoms with E-state index in [1.165, 1.54) is 12.1 Å². The fourth-order valence-corrected chi connectivity index (χ4v) is 3.24. The second-order valence-electron chi connectivity index (χ2n) is 6.68. The fraction of sp³-hybridized carbons (Fsp3) is 0.0417. The molecule has 6 heteroatoms. The van der Waals surface area contributed by atoms with E-state index in [4.69, 9.17) is 4.74 Å². The summed E-state index contributed by atoms with van der Waals surface area (Å²) in [7, 11) is 1.63. The van der Waals surface area contributed by atoms with Crippen LogP contribution in [0.5, 0.6) is 5.75 Å². The van der Waals surface area contributed by atoms with Crippen molar-refractivity contribution in [2.24, 2.45) is 0 Å².